The molecule has 0 bridgehead atoms. The van der Waals surface area contributed by atoms with Gasteiger partial charge in [0.2, 0.25) is 0 Å². The van der Waals surface area contributed by atoms with Crippen molar-refractivity contribution in [2.45, 2.75) is 137 Å². The van der Waals surface area contributed by atoms with Crippen LogP contribution < -0.4 is 0 Å². The molecule has 0 aromatic carbocycles. The molecule has 3 unspecified atom stereocenters. The lowest BCUT2D eigenvalue weighted by Gasteiger charge is -2.58. The van der Waals surface area contributed by atoms with Crippen LogP contribution in [0.2, 0.25) is 0 Å². The molecule has 3 aliphatic heterocycles. The number of nitrogens with zero attached hydrogens (tertiary/aromatic N) is 3. The van der Waals surface area contributed by atoms with Crippen molar-refractivity contribution < 1.29 is 13.6 Å². The molecule has 7 heteroatoms. The van der Waals surface area contributed by atoms with Crippen molar-refractivity contribution in [2.75, 3.05) is 40.8 Å². The third-order valence-corrected chi connectivity index (χ3v) is 14.1. The molecule has 0 radical (unpaired) electrons. The van der Waals surface area contributed by atoms with Gasteiger partial charge in [0.25, 0.3) is 0 Å². The SMILES string of the molecule is CN1CCC(OP(OC2CCN(C)C(C)(C)C2(C)C)OC2CCN(C)C(C)(C)C2(C)C)C(C)(C)C1(C)C. The summed E-state index contributed by atoms with van der Waals surface area (Å²) in [7, 11) is 5.18. The summed E-state index contributed by atoms with van der Waals surface area (Å²) in [5.41, 5.74) is -0.0923. The zero-order chi connectivity index (χ0) is 28.4. The van der Waals surface area contributed by atoms with Crippen molar-refractivity contribution in [2.24, 2.45) is 16.2 Å². The van der Waals surface area contributed by atoms with Crippen LogP contribution in [-0.4, -0.2) is 90.4 Å². The van der Waals surface area contributed by atoms with Gasteiger partial charge in [0.15, 0.2) is 0 Å². The third-order valence-electron chi connectivity index (χ3n) is 12.8. The first-order chi connectivity index (χ1) is 16.6. The Morgan fingerprint density at radius 1 is 0.459 bits per heavy atom. The van der Waals surface area contributed by atoms with E-state index in [1.54, 1.807) is 0 Å². The molecule has 0 spiro atoms. The monoisotopic (exact) mass is 541 g/mol. The highest BCUT2D eigenvalue weighted by atomic mass is 31.2. The summed E-state index contributed by atoms with van der Waals surface area (Å²) < 4.78 is 21.1. The number of hydrogen-bond acceptors (Lipinski definition) is 6. The Labute approximate surface area is 231 Å². The van der Waals surface area contributed by atoms with E-state index < -0.39 is 8.60 Å². The van der Waals surface area contributed by atoms with E-state index in [0.717, 1.165) is 38.9 Å². The van der Waals surface area contributed by atoms with E-state index in [-0.39, 0.29) is 51.2 Å². The van der Waals surface area contributed by atoms with E-state index in [0.29, 0.717) is 0 Å². The van der Waals surface area contributed by atoms with Crippen molar-refractivity contribution in [3.8, 4) is 0 Å². The molecule has 3 aliphatic rings. The van der Waals surface area contributed by atoms with Gasteiger partial charge in [-0.15, -0.1) is 0 Å². The molecule has 0 N–H and O–H groups in total. The minimum Gasteiger partial charge on any atom is -0.308 e. The van der Waals surface area contributed by atoms with E-state index >= 15 is 0 Å². The van der Waals surface area contributed by atoms with E-state index in [4.69, 9.17) is 13.6 Å². The highest BCUT2D eigenvalue weighted by molar-refractivity contribution is 7.41. The third kappa shape index (κ3) is 5.20. The first-order valence-corrected chi connectivity index (χ1v) is 15.7. The van der Waals surface area contributed by atoms with Crippen LogP contribution in [0.1, 0.15) is 102 Å². The van der Waals surface area contributed by atoms with Gasteiger partial charge in [-0.2, -0.15) is 0 Å². The van der Waals surface area contributed by atoms with Crippen LogP contribution in [0, 0.1) is 16.2 Å². The maximum atomic E-state index is 7.04. The van der Waals surface area contributed by atoms with E-state index in [1.165, 1.54) is 0 Å². The summed E-state index contributed by atoms with van der Waals surface area (Å²) in [6.07, 6.45) is 3.20. The first-order valence-electron chi connectivity index (χ1n) is 14.6. The average Bonchev–Trinajstić information content (AvgIpc) is 2.76. The normalized spacial score (nSPS) is 36.2. The quantitative estimate of drug-likeness (QED) is 0.345. The van der Waals surface area contributed by atoms with Gasteiger partial charge in [-0.3, -0.25) is 0 Å². The second-order valence-corrected chi connectivity index (χ2v) is 16.6. The standard InChI is InChI=1S/C30H60N3O3P/c1-25(2)22(16-19-31(13)28(25,7)8)34-37(35-23-17-20-32(14)29(9,10)26(23,3)4)36-24-18-21-33(15)30(11,12)27(24,5)6/h22-24H,16-21H2,1-15H3. The van der Waals surface area contributed by atoms with Crippen molar-refractivity contribution in [3.05, 3.63) is 0 Å². The summed E-state index contributed by atoms with van der Waals surface area (Å²) in [4.78, 5) is 7.42. The zero-order valence-corrected chi connectivity index (χ0v) is 27.9. The first kappa shape index (κ1) is 31.7. The Morgan fingerprint density at radius 3 is 0.892 bits per heavy atom. The Kier molecular flexibility index (Phi) is 8.77. The molecule has 6 nitrogen and oxygen atoms in total. The molecule has 218 valence electrons. The van der Waals surface area contributed by atoms with E-state index in [1.807, 2.05) is 0 Å². The van der Waals surface area contributed by atoms with Crippen LogP contribution in [0.3, 0.4) is 0 Å². The molecular weight excluding hydrogens is 481 g/mol. The average molecular weight is 542 g/mol. The minimum absolute atomic E-state index is 0.0144. The van der Waals surface area contributed by atoms with Crippen molar-refractivity contribution in [1.82, 2.24) is 14.7 Å². The van der Waals surface area contributed by atoms with Crippen LogP contribution in [-0.2, 0) is 13.6 Å². The van der Waals surface area contributed by atoms with Crippen LogP contribution in [0.25, 0.3) is 0 Å². The predicted octanol–water partition coefficient (Wildman–Crippen LogP) is 6.79. The molecule has 0 aromatic rings. The fourth-order valence-corrected chi connectivity index (χ4v) is 8.33. The van der Waals surface area contributed by atoms with Gasteiger partial charge < -0.3 is 28.3 Å². The fourth-order valence-electron chi connectivity index (χ4n) is 6.45. The van der Waals surface area contributed by atoms with E-state index in [2.05, 4.69) is 119 Å². The Bertz CT molecular complexity index is 705. The molecule has 3 fully saturated rings. The molecule has 3 rings (SSSR count). The van der Waals surface area contributed by atoms with Gasteiger partial charge in [0.1, 0.15) is 0 Å². The Hall–Kier alpha value is 0.190. The molecule has 0 amide bonds. The maximum absolute atomic E-state index is 7.04. The van der Waals surface area contributed by atoms with Gasteiger partial charge in [0, 0.05) is 52.5 Å². The molecule has 0 aromatic heterocycles. The lowest BCUT2D eigenvalue weighted by Crippen LogP contribution is -2.63. The topological polar surface area (TPSA) is 37.4 Å². The van der Waals surface area contributed by atoms with Crippen molar-refractivity contribution in [1.29, 1.82) is 0 Å². The van der Waals surface area contributed by atoms with Crippen molar-refractivity contribution >= 4 is 8.60 Å². The Balaban J connectivity index is 1.92. The molecule has 0 saturated carbocycles. The van der Waals surface area contributed by atoms with Crippen LogP contribution in [0.15, 0.2) is 0 Å². The summed E-state index contributed by atoms with van der Waals surface area (Å²) in [5, 5.41) is 0. The largest absolute Gasteiger partial charge is 0.333 e. The molecule has 3 heterocycles. The van der Waals surface area contributed by atoms with Gasteiger partial charge in [-0.05, 0) is 81.9 Å². The lowest BCUT2D eigenvalue weighted by molar-refractivity contribution is -0.136. The molecule has 3 saturated heterocycles. The number of likely N-dealkylation sites (tertiary alicyclic amines) is 3. The van der Waals surface area contributed by atoms with Gasteiger partial charge in [-0.1, -0.05) is 41.5 Å². The smallest absolute Gasteiger partial charge is 0.308 e. The number of piperidine rings is 3. The summed E-state index contributed by atoms with van der Waals surface area (Å²) in [6, 6.07) is 0. The van der Waals surface area contributed by atoms with Crippen LogP contribution in [0.5, 0.6) is 0 Å². The lowest BCUT2D eigenvalue weighted by atomic mass is 9.66. The molecular formula is C30H60N3O3P. The van der Waals surface area contributed by atoms with Gasteiger partial charge in [-0.25, -0.2) is 0 Å². The van der Waals surface area contributed by atoms with E-state index in [9.17, 15) is 0 Å². The molecule has 37 heavy (non-hydrogen) atoms. The van der Waals surface area contributed by atoms with Gasteiger partial charge >= 0.3 is 8.60 Å². The summed E-state index contributed by atoms with van der Waals surface area (Å²) >= 11 is 0. The second kappa shape index (κ2) is 10.2. The maximum Gasteiger partial charge on any atom is 0.333 e. The van der Waals surface area contributed by atoms with Crippen LogP contribution >= 0.6 is 8.60 Å². The number of rotatable bonds is 6. The van der Waals surface area contributed by atoms with Crippen molar-refractivity contribution in [3.63, 3.8) is 0 Å². The second-order valence-electron chi connectivity index (χ2n) is 15.5. The Morgan fingerprint density at radius 2 is 0.676 bits per heavy atom. The minimum atomic E-state index is -1.53. The molecule has 0 aliphatic carbocycles. The predicted molar refractivity (Wildman–Crippen MR) is 157 cm³/mol. The highest BCUT2D eigenvalue weighted by Crippen LogP contribution is 2.58. The zero-order valence-electron chi connectivity index (χ0n) is 27.0. The summed E-state index contributed by atoms with van der Waals surface area (Å²) in [5.74, 6) is 0. The summed E-state index contributed by atoms with van der Waals surface area (Å²) in [6.45, 7) is 31.2. The van der Waals surface area contributed by atoms with Crippen LogP contribution in [0.4, 0.5) is 0 Å². The fraction of sp³-hybridized carbons (Fsp3) is 1.00. The highest BCUT2D eigenvalue weighted by Gasteiger charge is 2.55. The number of hydrogen-bond donors (Lipinski definition) is 0. The molecule has 3 atom stereocenters. The van der Waals surface area contributed by atoms with Gasteiger partial charge in [0.05, 0.1) is 18.3 Å².